The van der Waals surface area contributed by atoms with E-state index in [9.17, 15) is 0 Å². The minimum atomic E-state index is 1.13. The minimum Gasteiger partial charge on any atom is -0.311 e. The van der Waals surface area contributed by atoms with Crippen LogP contribution < -0.4 is 4.90 Å². The molecule has 0 fully saturated rings. The van der Waals surface area contributed by atoms with E-state index in [1.54, 1.807) is 0 Å². The van der Waals surface area contributed by atoms with Gasteiger partial charge in [-0.1, -0.05) is 135 Å². The summed E-state index contributed by atoms with van der Waals surface area (Å²) in [4.78, 5) is 2.33. The molecule has 1 nitrogen and oxygen atoms in total. The Morgan fingerprint density at radius 2 is 0.683 bits per heavy atom. The average molecular weight is 530 g/mol. The van der Waals surface area contributed by atoms with Gasteiger partial charge in [0.15, 0.2) is 0 Å². The van der Waals surface area contributed by atoms with Crippen molar-refractivity contribution in [2.75, 3.05) is 4.90 Å². The summed E-state index contributed by atoms with van der Waals surface area (Å²) in [5.74, 6) is 0. The highest BCUT2D eigenvalue weighted by molar-refractivity contribution is 5.81. The van der Waals surface area contributed by atoms with Crippen LogP contribution in [0.15, 0.2) is 158 Å². The summed E-state index contributed by atoms with van der Waals surface area (Å²) in [5.41, 5.74) is 12.2. The molecule has 0 aliphatic carbocycles. The summed E-state index contributed by atoms with van der Waals surface area (Å²) in [5, 5.41) is 0. The van der Waals surface area contributed by atoms with Crippen molar-refractivity contribution in [2.45, 2.75) is 26.2 Å². The molecule has 0 aliphatic heterocycles. The van der Waals surface area contributed by atoms with E-state index in [0.717, 1.165) is 23.5 Å². The molecule has 0 saturated heterocycles. The molecule has 6 rings (SSSR count). The van der Waals surface area contributed by atoms with Gasteiger partial charge in [-0.2, -0.15) is 0 Å². The quantitative estimate of drug-likeness (QED) is 0.180. The van der Waals surface area contributed by atoms with Crippen molar-refractivity contribution in [1.29, 1.82) is 0 Å². The summed E-state index contributed by atoms with van der Waals surface area (Å²) in [6, 6.07) is 56.8. The molecular formula is C40H35N. The molecule has 0 aliphatic rings. The Labute approximate surface area is 244 Å². The number of aryl methyl sites for hydroxylation is 1. The molecule has 0 N–H and O–H groups in total. The Balaban J connectivity index is 1.33. The summed E-state index contributed by atoms with van der Waals surface area (Å²) in [6.45, 7) is 2.24. The largest absolute Gasteiger partial charge is 0.311 e. The van der Waals surface area contributed by atoms with Crippen molar-refractivity contribution < 1.29 is 0 Å². The number of hydrogen-bond donors (Lipinski definition) is 0. The lowest BCUT2D eigenvalue weighted by molar-refractivity contribution is 0.795. The fourth-order valence-electron chi connectivity index (χ4n) is 5.36. The molecule has 0 saturated carbocycles. The first-order valence-corrected chi connectivity index (χ1v) is 14.6. The molecule has 0 spiro atoms. The number of nitrogens with zero attached hydrogens (tertiary/aromatic N) is 1. The van der Waals surface area contributed by atoms with Crippen LogP contribution in [0.4, 0.5) is 17.1 Å². The minimum absolute atomic E-state index is 1.13. The fourth-order valence-corrected chi connectivity index (χ4v) is 5.36. The first-order chi connectivity index (χ1) is 20.3. The van der Waals surface area contributed by atoms with Gasteiger partial charge in [0.1, 0.15) is 0 Å². The molecule has 0 unspecified atom stereocenters. The number of benzene rings is 6. The Bertz CT molecular complexity index is 1570. The van der Waals surface area contributed by atoms with E-state index in [2.05, 4.69) is 170 Å². The van der Waals surface area contributed by atoms with Crippen molar-refractivity contribution >= 4 is 17.1 Å². The fraction of sp³-hybridized carbons (Fsp3) is 0.100. The van der Waals surface area contributed by atoms with Gasteiger partial charge < -0.3 is 4.90 Å². The number of hydrogen-bond acceptors (Lipinski definition) is 1. The lowest BCUT2D eigenvalue weighted by Crippen LogP contribution is -2.09. The summed E-state index contributed by atoms with van der Waals surface area (Å²) in [6.07, 6.45) is 3.61. The summed E-state index contributed by atoms with van der Waals surface area (Å²) < 4.78 is 0. The number of rotatable bonds is 9. The Hall–Kier alpha value is -4.88. The molecule has 0 bridgehead atoms. The zero-order valence-electron chi connectivity index (χ0n) is 23.6. The van der Waals surface area contributed by atoms with E-state index in [-0.39, 0.29) is 0 Å². The molecular weight excluding hydrogens is 494 g/mol. The molecule has 0 amide bonds. The summed E-state index contributed by atoms with van der Waals surface area (Å²) >= 11 is 0. The highest BCUT2D eigenvalue weighted by Gasteiger charge is 2.14. The first-order valence-electron chi connectivity index (χ1n) is 14.6. The number of unbranched alkanes of at least 4 members (excludes halogenated alkanes) is 1. The van der Waals surface area contributed by atoms with Crippen LogP contribution in [0.1, 0.15) is 25.3 Å². The lowest BCUT2D eigenvalue weighted by Gasteiger charge is -2.26. The van der Waals surface area contributed by atoms with Crippen molar-refractivity contribution in [2.24, 2.45) is 0 Å². The molecule has 41 heavy (non-hydrogen) atoms. The Kier molecular flexibility index (Phi) is 8.05. The summed E-state index contributed by atoms with van der Waals surface area (Å²) in [7, 11) is 0. The highest BCUT2D eigenvalue weighted by Crippen LogP contribution is 2.37. The van der Waals surface area contributed by atoms with Gasteiger partial charge in [0, 0.05) is 17.1 Å². The Morgan fingerprint density at radius 1 is 0.366 bits per heavy atom. The van der Waals surface area contributed by atoms with Gasteiger partial charge in [-0.05, 0) is 88.2 Å². The maximum absolute atomic E-state index is 2.33. The molecule has 6 aromatic carbocycles. The molecule has 0 heterocycles. The van der Waals surface area contributed by atoms with E-state index in [1.807, 2.05) is 0 Å². The molecule has 1 heteroatoms. The molecule has 200 valence electrons. The van der Waals surface area contributed by atoms with E-state index in [4.69, 9.17) is 0 Å². The smallest absolute Gasteiger partial charge is 0.0462 e. The van der Waals surface area contributed by atoms with Crippen molar-refractivity contribution in [3.8, 4) is 33.4 Å². The third-order valence-electron chi connectivity index (χ3n) is 7.70. The molecule has 6 aromatic rings. The van der Waals surface area contributed by atoms with Gasteiger partial charge >= 0.3 is 0 Å². The van der Waals surface area contributed by atoms with Gasteiger partial charge in [-0.25, -0.2) is 0 Å². The van der Waals surface area contributed by atoms with E-state index >= 15 is 0 Å². The van der Waals surface area contributed by atoms with Gasteiger partial charge in [0.2, 0.25) is 0 Å². The van der Waals surface area contributed by atoms with Gasteiger partial charge in [-0.3, -0.25) is 0 Å². The van der Waals surface area contributed by atoms with Crippen LogP contribution >= 0.6 is 0 Å². The first kappa shape index (κ1) is 26.3. The van der Waals surface area contributed by atoms with Crippen molar-refractivity contribution in [3.63, 3.8) is 0 Å². The van der Waals surface area contributed by atoms with E-state index in [0.29, 0.717) is 0 Å². The zero-order valence-corrected chi connectivity index (χ0v) is 23.6. The second kappa shape index (κ2) is 12.5. The molecule has 0 atom stereocenters. The van der Waals surface area contributed by atoms with Crippen LogP contribution in [-0.2, 0) is 6.42 Å². The van der Waals surface area contributed by atoms with E-state index in [1.165, 1.54) is 51.8 Å². The van der Waals surface area contributed by atoms with E-state index < -0.39 is 0 Å². The van der Waals surface area contributed by atoms with Gasteiger partial charge in [0.05, 0.1) is 0 Å². The monoisotopic (exact) mass is 529 g/mol. The van der Waals surface area contributed by atoms with Crippen LogP contribution in [0.3, 0.4) is 0 Å². The van der Waals surface area contributed by atoms with Crippen LogP contribution in [0.25, 0.3) is 33.4 Å². The predicted molar refractivity (Wildman–Crippen MR) is 176 cm³/mol. The lowest BCUT2D eigenvalue weighted by atomic mass is 10.0. The van der Waals surface area contributed by atoms with Crippen LogP contribution in [0, 0.1) is 0 Å². The number of anilines is 3. The maximum atomic E-state index is 2.33. The van der Waals surface area contributed by atoms with Crippen molar-refractivity contribution in [1.82, 2.24) is 0 Å². The standard InChI is InChI=1S/C40H35N/c1-2-3-10-31-15-17-34(18-16-31)37-23-29-40(30-24-37)41(38-25-19-35(20-26-38)32-11-6-4-7-12-32)39-27-21-36(22-28-39)33-13-8-5-9-14-33/h4-9,11-30H,2-3,10H2,1H3. The normalized spacial score (nSPS) is 10.9. The van der Waals surface area contributed by atoms with Gasteiger partial charge in [0.25, 0.3) is 0 Å². The average Bonchev–Trinajstić information content (AvgIpc) is 3.06. The van der Waals surface area contributed by atoms with Crippen LogP contribution in [0.2, 0.25) is 0 Å². The van der Waals surface area contributed by atoms with Crippen LogP contribution in [-0.4, -0.2) is 0 Å². The molecule has 0 aromatic heterocycles. The highest BCUT2D eigenvalue weighted by atomic mass is 15.1. The third-order valence-corrected chi connectivity index (χ3v) is 7.70. The van der Waals surface area contributed by atoms with Crippen LogP contribution in [0.5, 0.6) is 0 Å². The second-order valence-corrected chi connectivity index (χ2v) is 10.5. The second-order valence-electron chi connectivity index (χ2n) is 10.5. The zero-order chi connectivity index (χ0) is 27.9. The topological polar surface area (TPSA) is 3.24 Å². The Morgan fingerprint density at radius 3 is 1.02 bits per heavy atom. The van der Waals surface area contributed by atoms with Gasteiger partial charge in [-0.15, -0.1) is 0 Å². The SMILES string of the molecule is CCCCc1ccc(-c2ccc(N(c3ccc(-c4ccccc4)cc3)c3ccc(-c4ccccc4)cc3)cc2)cc1. The predicted octanol–water partition coefficient (Wildman–Crippen LogP) is 11.5. The molecule has 0 radical (unpaired) electrons. The maximum Gasteiger partial charge on any atom is 0.0462 e. The third kappa shape index (κ3) is 6.15. The van der Waals surface area contributed by atoms with Crippen molar-refractivity contribution in [3.05, 3.63) is 163 Å².